The second-order valence-electron chi connectivity index (χ2n) is 20.8. The van der Waals surface area contributed by atoms with Crippen LogP contribution in [0.2, 0.25) is 0 Å². The van der Waals surface area contributed by atoms with E-state index in [4.69, 9.17) is 27.7 Å². The van der Waals surface area contributed by atoms with Crippen LogP contribution in [-0.2, 0) is 60.8 Å². The second-order valence-corrected chi connectivity index (χ2v) is 23.6. The first-order chi connectivity index (χ1) is 38.2. The summed E-state index contributed by atoms with van der Waals surface area (Å²) in [4.78, 5) is 144. The first-order valence-electron chi connectivity index (χ1n) is 27.2. The first-order valence-corrected chi connectivity index (χ1v) is 29.6. The van der Waals surface area contributed by atoms with Crippen molar-refractivity contribution in [3.05, 3.63) is 65.7 Å². The molecule has 5 rings (SSSR count). The number of aliphatic imine (C=N–C) groups is 1. The lowest BCUT2D eigenvalue weighted by Crippen LogP contribution is -2.61. The Morgan fingerprint density at radius 3 is 2.05 bits per heavy atom. The summed E-state index contributed by atoms with van der Waals surface area (Å²) in [5.74, 6) is -7.86. The summed E-state index contributed by atoms with van der Waals surface area (Å²) in [6, 6.07) is 6.90. The lowest BCUT2D eigenvalue weighted by atomic mass is 9.85. The number of guanidine groups is 1. The minimum absolute atomic E-state index is 0.0127. The molecule has 2 aliphatic heterocycles. The predicted molar refractivity (Wildman–Crippen MR) is 304 cm³/mol. The van der Waals surface area contributed by atoms with Gasteiger partial charge in [-0.3, -0.25) is 52.9 Å². The summed E-state index contributed by atoms with van der Waals surface area (Å²) >= 11 is 0. The van der Waals surface area contributed by atoms with Gasteiger partial charge >= 0.3 is 0 Å². The van der Waals surface area contributed by atoms with Crippen molar-refractivity contribution in [1.29, 1.82) is 0 Å². The van der Waals surface area contributed by atoms with Crippen LogP contribution in [0.4, 0.5) is 0 Å². The Bertz CT molecular complexity index is 2510. The van der Waals surface area contributed by atoms with Gasteiger partial charge in [0, 0.05) is 42.9 Å². The number of amides is 10. The van der Waals surface area contributed by atoms with E-state index in [0.717, 1.165) is 25.7 Å². The molecule has 26 heteroatoms. The molecule has 24 nitrogen and oxygen atoms in total. The van der Waals surface area contributed by atoms with Gasteiger partial charge in [-0.2, -0.15) is 0 Å². The number of primary amides is 2. The average Bonchev–Trinajstić information content (AvgIpc) is 3.91. The second kappa shape index (κ2) is 31.6. The molecule has 2 aromatic carbocycles. The van der Waals surface area contributed by atoms with E-state index in [1.807, 2.05) is 6.92 Å². The van der Waals surface area contributed by atoms with Gasteiger partial charge in [0.2, 0.25) is 59.1 Å². The maximum Gasteiger partial charge on any atom is 0.246 e. The standard InChI is InChI=1S/C54H79N13O11S2/c1-4-25-78-35-19-17-34(18-20-35)27-37-47(72)63-38(26-33-13-7-5-8-14-33)49(74)66-45(32(2)3)51(76)64-39(28-42(55)68)48(73)65-40(31-79-80-54(29-44(70)61-37)21-9-6-10-22-54)52(77)67-24-12-16-41(67)50(75)62-36(15-11-23-59-53(57)58)46(71)60-30-43(56)69/h5,7-8,13-14,17-20,32,36-41,45H,4,6,9-12,15-16,21-31H2,1-3H3,(H2,55,68)(H2,56,69)(H,60,71)(H,61,70)(H,62,75)(H,63,72)(H,64,76)(H,65,73)(H,66,74)(H4,57,58,59)/t36-,37+,38-,39-,40-,41+,45+/m1/s1. The van der Waals surface area contributed by atoms with Crippen molar-refractivity contribution in [3.63, 3.8) is 0 Å². The fraction of sp³-hybridized carbons (Fsp3) is 0.574. The van der Waals surface area contributed by atoms with E-state index in [0.29, 0.717) is 42.7 Å². The van der Waals surface area contributed by atoms with E-state index in [1.165, 1.54) is 26.5 Å². The van der Waals surface area contributed by atoms with Crippen LogP contribution < -0.4 is 64.9 Å². The third-order valence-electron chi connectivity index (χ3n) is 13.9. The van der Waals surface area contributed by atoms with E-state index in [1.54, 1.807) is 68.4 Å². The monoisotopic (exact) mass is 1150 g/mol. The lowest BCUT2D eigenvalue weighted by molar-refractivity contribution is -0.142. The molecule has 15 N–H and O–H groups in total. The van der Waals surface area contributed by atoms with Crippen LogP contribution in [0.3, 0.4) is 0 Å². The van der Waals surface area contributed by atoms with Crippen LogP contribution in [0.15, 0.2) is 59.6 Å². The molecule has 2 heterocycles. The maximum atomic E-state index is 15.0. The van der Waals surface area contributed by atoms with Gasteiger partial charge in [-0.05, 0) is 74.1 Å². The molecular formula is C54H79N13O11S2. The third-order valence-corrected chi connectivity index (χ3v) is 17.2. The van der Waals surface area contributed by atoms with Gasteiger partial charge in [0.05, 0.1) is 19.6 Å². The molecule has 0 bridgehead atoms. The zero-order chi connectivity index (χ0) is 58.4. The van der Waals surface area contributed by atoms with Crippen molar-refractivity contribution in [2.75, 3.05) is 32.0 Å². The summed E-state index contributed by atoms with van der Waals surface area (Å²) in [6.45, 7) is 5.49. The van der Waals surface area contributed by atoms with Gasteiger partial charge in [0.25, 0.3) is 0 Å². The normalized spacial score (nSPS) is 22.8. The zero-order valence-electron chi connectivity index (χ0n) is 45.8. The Balaban J connectivity index is 1.52. The number of ether oxygens (including phenoxy) is 1. The number of hydrogen-bond donors (Lipinski definition) is 11. The van der Waals surface area contributed by atoms with Gasteiger partial charge in [0.1, 0.15) is 48.0 Å². The molecule has 0 radical (unpaired) electrons. The van der Waals surface area contributed by atoms with Gasteiger partial charge in [-0.15, -0.1) is 0 Å². The Labute approximate surface area is 474 Å². The zero-order valence-corrected chi connectivity index (χ0v) is 47.4. The fourth-order valence-corrected chi connectivity index (χ4v) is 13.1. The van der Waals surface area contributed by atoms with Gasteiger partial charge in [-0.25, -0.2) is 0 Å². The number of carbonyl (C=O) groups is 10. The van der Waals surface area contributed by atoms with Gasteiger partial charge in [0.15, 0.2) is 5.96 Å². The third kappa shape index (κ3) is 20.2. The average molecular weight is 1150 g/mol. The van der Waals surface area contributed by atoms with Crippen molar-refractivity contribution in [2.45, 2.75) is 158 Å². The van der Waals surface area contributed by atoms with E-state index in [2.05, 4.69) is 42.2 Å². The quantitative estimate of drug-likeness (QED) is 0.0355. The molecule has 1 aliphatic carbocycles. The number of hydrogen-bond acceptors (Lipinski definition) is 14. The Morgan fingerprint density at radius 1 is 0.775 bits per heavy atom. The molecule has 1 saturated carbocycles. The summed E-state index contributed by atoms with van der Waals surface area (Å²) in [6.07, 6.45) is 4.56. The van der Waals surface area contributed by atoms with Crippen molar-refractivity contribution in [3.8, 4) is 5.75 Å². The largest absolute Gasteiger partial charge is 0.494 e. The number of nitrogens with zero attached hydrogens (tertiary/aromatic N) is 2. The van der Waals surface area contributed by atoms with Gasteiger partial charge in [-0.1, -0.05) is 104 Å². The number of nitrogens with one attached hydrogen (secondary N) is 7. The summed E-state index contributed by atoms with van der Waals surface area (Å²) in [7, 11) is 2.59. The fourth-order valence-electron chi connectivity index (χ4n) is 9.72. The summed E-state index contributed by atoms with van der Waals surface area (Å²) in [5.41, 5.74) is 23.2. The van der Waals surface area contributed by atoms with E-state index < -0.39 is 125 Å². The highest BCUT2D eigenvalue weighted by Gasteiger charge is 2.42. The topological polar surface area (TPSA) is 384 Å². The number of benzene rings is 2. The molecular weight excluding hydrogens is 1070 g/mol. The van der Waals surface area contributed by atoms with Crippen LogP contribution >= 0.6 is 21.6 Å². The van der Waals surface area contributed by atoms with Crippen molar-refractivity contribution >= 4 is 86.6 Å². The first kappa shape index (κ1) is 63.7. The minimum Gasteiger partial charge on any atom is -0.494 e. The lowest BCUT2D eigenvalue weighted by Gasteiger charge is -2.37. The molecule has 2 aromatic rings. The number of rotatable bonds is 20. The van der Waals surface area contributed by atoms with Crippen molar-refractivity contribution < 1.29 is 52.7 Å². The Hall–Kier alpha value is -7.09. The van der Waals surface area contributed by atoms with Gasteiger partial charge < -0.3 is 69.8 Å². The van der Waals surface area contributed by atoms with E-state index in [9.17, 15) is 47.9 Å². The predicted octanol–water partition coefficient (Wildman–Crippen LogP) is -0.165. The maximum absolute atomic E-state index is 15.0. The highest BCUT2D eigenvalue weighted by molar-refractivity contribution is 8.77. The van der Waals surface area contributed by atoms with Crippen LogP contribution in [0, 0.1) is 5.92 Å². The Kier molecular flexibility index (Phi) is 25.2. The van der Waals surface area contributed by atoms with Crippen LogP contribution in [0.5, 0.6) is 5.75 Å². The number of nitrogens with two attached hydrogens (primary N) is 4. The van der Waals surface area contributed by atoms with E-state index in [-0.39, 0.29) is 63.3 Å². The molecule has 1 spiro atoms. The smallest absolute Gasteiger partial charge is 0.246 e. The molecule has 7 atom stereocenters. The van der Waals surface area contributed by atoms with Crippen molar-refractivity contribution in [1.82, 2.24) is 42.1 Å². The van der Waals surface area contributed by atoms with Crippen molar-refractivity contribution in [2.24, 2.45) is 33.8 Å². The number of likely N-dealkylation sites (tertiary alicyclic amines) is 1. The van der Waals surface area contributed by atoms with Crippen LogP contribution in [0.1, 0.15) is 109 Å². The molecule has 10 amide bonds. The Morgan fingerprint density at radius 2 is 1.41 bits per heavy atom. The summed E-state index contributed by atoms with van der Waals surface area (Å²) in [5, 5.41) is 19.0. The van der Waals surface area contributed by atoms with E-state index >= 15 is 0 Å². The van der Waals surface area contributed by atoms with Crippen LogP contribution in [0.25, 0.3) is 0 Å². The van der Waals surface area contributed by atoms with Crippen LogP contribution in [-0.4, -0.2) is 149 Å². The molecule has 2 saturated heterocycles. The minimum atomic E-state index is -1.66. The molecule has 0 unspecified atom stereocenters. The highest BCUT2D eigenvalue weighted by atomic mass is 33.1. The molecule has 0 aromatic heterocycles. The number of carbonyl (C=O) groups excluding carboxylic acids is 10. The molecule has 438 valence electrons. The molecule has 3 fully saturated rings. The highest BCUT2D eigenvalue weighted by Crippen LogP contribution is 2.48. The summed E-state index contributed by atoms with van der Waals surface area (Å²) < 4.78 is 5.07. The molecule has 3 aliphatic rings. The SMILES string of the molecule is CCCOc1ccc(C[C@@H]2NC(=O)CC3(CCCCC3)SSC[C@H](C(=O)N3CCC[C@H]3C(=O)N[C@H](CCCN=C(N)N)C(=O)NCC(N)=O)NC(=O)[C@@H](CC(N)=O)NC(=O)[C@H](C(C)C)NC(=O)[C@@H](Cc3ccccc3)NC2=O)cc1. The molecule has 80 heavy (non-hydrogen) atoms.